The summed E-state index contributed by atoms with van der Waals surface area (Å²) in [5, 5.41) is 13.2. The molecule has 1 amide bonds. The highest BCUT2D eigenvalue weighted by atomic mass is 16.3. The van der Waals surface area contributed by atoms with Crippen molar-refractivity contribution in [2.75, 3.05) is 13.1 Å². The van der Waals surface area contributed by atoms with Gasteiger partial charge in [0.25, 0.3) is 11.5 Å². The molecule has 0 spiro atoms. The Bertz CT molecular complexity index is 981. The lowest BCUT2D eigenvalue weighted by molar-refractivity contribution is 0.0758. The number of likely N-dealkylation sites (tertiary alicyclic amines) is 1. The molecule has 1 aromatic carbocycles. The molecule has 3 heterocycles. The number of amides is 1. The van der Waals surface area contributed by atoms with Gasteiger partial charge in [-0.25, -0.2) is 4.68 Å². The van der Waals surface area contributed by atoms with E-state index in [1.807, 2.05) is 30.3 Å². The van der Waals surface area contributed by atoms with Gasteiger partial charge < -0.3 is 10.0 Å². The monoisotopic (exact) mass is 364 g/mol. The second-order valence-electron chi connectivity index (χ2n) is 6.78. The number of aromatic nitrogens is 3. The van der Waals surface area contributed by atoms with Gasteiger partial charge in [-0.15, -0.1) is 0 Å². The average Bonchev–Trinajstić information content (AvgIpc) is 3.26. The molecule has 27 heavy (non-hydrogen) atoms. The van der Waals surface area contributed by atoms with Crippen LogP contribution in [0, 0.1) is 5.92 Å². The number of carbonyl (C=O) groups excluding carboxylic acids is 1. The number of H-pyrrole nitrogens is 1. The van der Waals surface area contributed by atoms with E-state index in [1.54, 1.807) is 29.4 Å². The predicted molar refractivity (Wildman–Crippen MR) is 99.7 cm³/mol. The van der Waals surface area contributed by atoms with Crippen molar-refractivity contribution in [3.63, 3.8) is 0 Å². The molecular weight excluding hydrogens is 344 g/mol. The number of aliphatic hydroxyl groups is 1. The molecule has 138 valence electrons. The summed E-state index contributed by atoms with van der Waals surface area (Å²) in [5.74, 6) is -0.322. The van der Waals surface area contributed by atoms with Gasteiger partial charge in [0.15, 0.2) is 0 Å². The number of aromatic amines is 1. The first-order valence-corrected chi connectivity index (χ1v) is 8.85. The van der Waals surface area contributed by atoms with Crippen molar-refractivity contribution >= 4 is 5.91 Å². The number of carbonyl (C=O) groups is 1. The van der Waals surface area contributed by atoms with E-state index in [-0.39, 0.29) is 29.6 Å². The van der Waals surface area contributed by atoms with Crippen molar-refractivity contribution in [1.29, 1.82) is 0 Å². The number of hydrogen-bond donors (Lipinski definition) is 2. The van der Waals surface area contributed by atoms with Crippen molar-refractivity contribution in [3.8, 4) is 5.69 Å². The van der Waals surface area contributed by atoms with Gasteiger partial charge in [-0.1, -0.05) is 18.2 Å². The molecule has 0 saturated carbocycles. The first-order valence-electron chi connectivity index (χ1n) is 8.85. The second kappa shape index (κ2) is 7.20. The average molecular weight is 364 g/mol. The highest BCUT2D eigenvalue weighted by molar-refractivity contribution is 5.92. The van der Waals surface area contributed by atoms with Crippen LogP contribution in [0.25, 0.3) is 5.69 Å². The lowest BCUT2D eigenvalue weighted by Gasteiger charge is -2.15. The molecule has 1 saturated heterocycles. The van der Waals surface area contributed by atoms with Crippen LogP contribution in [0.15, 0.2) is 65.7 Å². The van der Waals surface area contributed by atoms with Crippen LogP contribution < -0.4 is 5.56 Å². The predicted octanol–water partition coefficient (Wildman–Crippen LogP) is 1.24. The Morgan fingerprint density at radius 3 is 2.63 bits per heavy atom. The summed E-state index contributed by atoms with van der Waals surface area (Å²) in [5.41, 5.74) is 1.67. The molecule has 0 radical (unpaired) electrons. The molecule has 7 nitrogen and oxygen atoms in total. The van der Waals surface area contributed by atoms with Crippen LogP contribution in [-0.4, -0.2) is 49.9 Å². The van der Waals surface area contributed by atoms with E-state index in [0.29, 0.717) is 18.7 Å². The van der Waals surface area contributed by atoms with Crippen LogP contribution >= 0.6 is 0 Å². The van der Waals surface area contributed by atoms with Crippen LogP contribution in [0.3, 0.4) is 0 Å². The minimum absolute atomic E-state index is 0.0423. The minimum Gasteiger partial charge on any atom is -0.391 e. The lowest BCUT2D eigenvalue weighted by atomic mass is 9.97. The summed E-state index contributed by atoms with van der Waals surface area (Å²) in [6.45, 7) is 0.702. The molecule has 1 aliphatic heterocycles. The molecule has 7 heteroatoms. The van der Waals surface area contributed by atoms with E-state index in [0.717, 1.165) is 5.56 Å². The van der Waals surface area contributed by atoms with Crippen LogP contribution in [0.1, 0.15) is 16.1 Å². The minimum atomic E-state index is -0.593. The molecule has 0 unspecified atom stereocenters. The standard InChI is InChI=1S/C20H20N4O3/c25-18-13-23(12-15(18)10-14-6-8-21-9-7-14)20(27)17-11-19(26)24(22-17)16-4-2-1-3-5-16/h1-9,11,15,18,22,25H,10,12-13H2/t15-,18-/m1/s1. The van der Waals surface area contributed by atoms with Crippen LogP contribution in [0.5, 0.6) is 0 Å². The number of nitrogens with zero attached hydrogens (tertiary/aromatic N) is 3. The SMILES string of the molecule is O=C(c1cc(=O)n(-c2ccccc2)[nH]1)N1C[C@@H](Cc2ccncc2)[C@H](O)C1. The smallest absolute Gasteiger partial charge is 0.272 e. The maximum atomic E-state index is 12.8. The molecule has 3 aromatic rings. The summed E-state index contributed by atoms with van der Waals surface area (Å²) in [6, 6.07) is 14.2. The van der Waals surface area contributed by atoms with E-state index < -0.39 is 6.10 Å². The topological polar surface area (TPSA) is 91.2 Å². The quantitative estimate of drug-likeness (QED) is 0.729. The van der Waals surface area contributed by atoms with Gasteiger partial charge in [0.1, 0.15) is 5.69 Å². The third-order valence-electron chi connectivity index (χ3n) is 4.91. The van der Waals surface area contributed by atoms with E-state index in [9.17, 15) is 14.7 Å². The Kier molecular flexibility index (Phi) is 4.60. The maximum absolute atomic E-state index is 12.8. The number of nitrogens with one attached hydrogen (secondary N) is 1. The van der Waals surface area contributed by atoms with Gasteiger partial charge in [-0.2, -0.15) is 0 Å². The summed E-state index contributed by atoms with van der Waals surface area (Å²) in [4.78, 5) is 30.6. The Morgan fingerprint density at radius 1 is 1.15 bits per heavy atom. The largest absolute Gasteiger partial charge is 0.391 e. The molecule has 2 N–H and O–H groups in total. The number of para-hydroxylation sites is 1. The zero-order valence-corrected chi connectivity index (χ0v) is 14.7. The molecule has 2 aromatic heterocycles. The third-order valence-corrected chi connectivity index (χ3v) is 4.91. The fourth-order valence-corrected chi connectivity index (χ4v) is 3.49. The molecule has 0 aliphatic carbocycles. The van der Waals surface area contributed by atoms with E-state index in [2.05, 4.69) is 10.1 Å². The number of pyridine rings is 1. The number of rotatable bonds is 4. The molecule has 0 bridgehead atoms. The van der Waals surface area contributed by atoms with Crippen molar-refractivity contribution in [3.05, 3.63) is 82.5 Å². The van der Waals surface area contributed by atoms with E-state index in [4.69, 9.17) is 0 Å². The summed E-state index contributed by atoms with van der Waals surface area (Å²) in [7, 11) is 0. The highest BCUT2D eigenvalue weighted by Gasteiger charge is 2.35. The number of hydrogen-bond acceptors (Lipinski definition) is 4. The molecule has 2 atom stereocenters. The fraction of sp³-hybridized carbons (Fsp3) is 0.250. The Balaban J connectivity index is 1.50. The van der Waals surface area contributed by atoms with Gasteiger partial charge in [0, 0.05) is 37.5 Å². The van der Waals surface area contributed by atoms with Gasteiger partial charge in [0.05, 0.1) is 11.8 Å². The van der Waals surface area contributed by atoms with Crippen LogP contribution in [0.4, 0.5) is 0 Å². The highest BCUT2D eigenvalue weighted by Crippen LogP contribution is 2.22. The number of aliphatic hydroxyl groups excluding tert-OH is 1. The van der Waals surface area contributed by atoms with E-state index >= 15 is 0 Å². The van der Waals surface area contributed by atoms with Gasteiger partial charge in [-0.05, 0) is 36.2 Å². The fourth-order valence-electron chi connectivity index (χ4n) is 3.49. The Hall–Kier alpha value is -3.19. The van der Waals surface area contributed by atoms with Crippen LogP contribution in [0.2, 0.25) is 0 Å². The summed E-state index contributed by atoms with van der Waals surface area (Å²) < 4.78 is 1.34. The zero-order valence-electron chi connectivity index (χ0n) is 14.7. The Morgan fingerprint density at radius 2 is 1.89 bits per heavy atom. The van der Waals surface area contributed by atoms with Crippen molar-refractivity contribution in [2.45, 2.75) is 12.5 Å². The second-order valence-corrected chi connectivity index (χ2v) is 6.78. The lowest BCUT2D eigenvalue weighted by Crippen LogP contribution is -2.30. The first kappa shape index (κ1) is 17.2. The van der Waals surface area contributed by atoms with Gasteiger partial charge in [-0.3, -0.25) is 19.7 Å². The molecule has 1 fully saturated rings. The first-order chi connectivity index (χ1) is 13.1. The normalized spacial score (nSPS) is 19.4. The zero-order chi connectivity index (χ0) is 18.8. The van der Waals surface area contributed by atoms with Crippen molar-refractivity contribution < 1.29 is 9.90 Å². The molecule has 1 aliphatic rings. The molecule has 4 rings (SSSR count). The van der Waals surface area contributed by atoms with Crippen molar-refractivity contribution in [1.82, 2.24) is 19.7 Å². The van der Waals surface area contributed by atoms with Crippen LogP contribution in [-0.2, 0) is 6.42 Å². The summed E-state index contributed by atoms with van der Waals surface area (Å²) >= 11 is 0. The third kappa shape index (κ3) is 3.54. The van der Waals surface area contributed by atoms with E-state index in [1.165, 1.54) is 10.7 Å². The van der Waals surface area contributed by atoms with Crippen molar-refractivity contribution in [2.24, 2.45) is 5.92 Å². The molecular formula is C20H20N4O3. The van der Waals surface area contributed by atoms with Gasteiger partial charge >= 0.3 is 0 Å². The summed E-state index contributed by atoms with van der Waals surface area (Å²) in [6.07, 6.45) is 3.52. The Labute approximate surface area is 155 Å². The van der Waals surface area contributed by atoms with Gasteiger partial charge in [0.2, 0.25) is 0 Å². The number of β-amino-alcohol motifs (C(OH)–C–C–N with tert-alkyl or cyclic N) is 1. The number of benzene rings is 1. The maximum Gasteiger partial charge on any atom is 0.272 e.